The number of ether oxygens (including phenoxy) is 1. The Balaban J connectivity index is 1.79. The number of aromatic amines is 1. The third-order valence-corrected chi connectivity index (χ3v) is 6.53. The molecule has 0 spiro atoms. The maximum absolute atomic E-state index is 14.0. The SMILES string of the molecule is COC(=O)N(c1ccc(Cl)cc1)[C@](C)(Cc1c[nH]c2ccccc12)C(=O)N[C@@H](C)c1ccccc1. The van der Waals surface area contributed by atoms with Crippen molar-refractivity contribution in [3.63, 3.8) is 0 Å². The van der Waals surface area contributed by atoms with Crippen LogP contribution in [0, 0.1) is 0 Å². The van der Waals surface area contributed by atoms with Crippen LogP contribution >= 0.6 is 11.6 Å². The predicted molar refractivity (Wildman–Crippen MR) is 140 cm³/mol. The number of hydrogen-bond acceptors (Lipinski definition) is 3. The summed E-state index contributed by atoms with van der Waals surface area (Å²) in [5, 5.41) is 4.63. The number of amides is 2. The topological polar surface area (TPSA) is 74.4 Å². The van der Waals surface area contributed by atoms with E-state index in [1.54, 1.807) is 31.2 Å². The molecule has 35 heavy (non-hydrogen) atoms. The Morgan fingerprint density at radius 3 is 2.37 bits per heavy atom. The smallest absolute Gasteiger partial charge is 0.414 e. The standard InChI is InChI=1S/C28H28ClN3O3/c1-19(20-9-5-4-6-10-20)31-26(33)28(2,17-21-18-30-25-12-8-7-11-24(21)25)32(27(34)35-3)23-15-13-22(29)14-16-23/h4-16,18-19,30H,17H2,1-3H3,(H,31,33)/t19-,28+/m0/s1. The van der Waals surface area contributed by atoms with E-state index in [2.05, 4.69) is 10.3 Å². The number of halogens is 1. The Labute approximate surface area is 209 Å². The maximum atomic E-state index is 14.0. The summed E-state index contributed by atoms with van der Waals surface area (Å²) in [6.45, 7) is 3.68. The number of H-pyrrole nitrogens is 1. The highest BCUT2D eigenvalue weighted by Crippen LogP contribution is 2.33. The molecule has 180 valence electrons. The van der Waals surface area contributed by atoms with Crippen LogP contribution in [0.25, 0.3) is 10.9 Å². The lowest BCUT2D eigenvalue weighted by Crippen LogP contribution is -2.61. The summed E-state index contributed by atoms with van der Waals surface area (Å²) in [4.78, 5) is 31.9. The van der Waals surface area contributed by atoms with Crippen molar-refractivity contribution < 1.29 is 14.3 Å². The molecule has 0 aliphatic carbocycles. The largest absolute Gasteiger partial charge is 0.452 e. The van der Waals surface area contributed by atoms with E-state index in [0.29, 0.717) is 10.7 Å². The first-order valence-electron chi connectivity index (χ1n) is 11.4. The molecule has 1 aromatic heterocycles. The fourth-order valence-electron chi connectivity index (χ4n) is 4.36. The second-order valence-corrected chi connectivity index (χ2v) is 9.13. The van der Waals surface area contributed by atoms with E-state index < -0.39 is 11.6 Å². The molecule has 0 radical (unpaired) electrons. The molecule has 2 N–H and O–H groups in total. The van der Waals surface area contributed by atoms with E-state index in [-0.39, 0.29) is 18.4 Å². The summed E-state index contributed by atoms with van der Waals surface area (Å²) < 4.78 is 5.16. The molecule has 4 aromatic rings. The van der Waals surface area contributed by atoms with Gasteiger partial charge in [0.25, 0.3) is 0 Å². The van der Waals surface area contributed by atoms with Gasteiger partial charge in [-0.05, 0) is 55.3 Å². The zero-order valence-electron chi connectivity index (χ0n) is 19.9. The highest BCUT2D eigenvalue weighted by Gasteiger charge is 2.45. The van der Waals surface area contributed by atoms with Gasteiger partial charge in [0, 0.05) is 34.2 Å². The van der Waals surface area contributed by atoms with Crippen molar-refractivity contribution >= 4 is 40.2 Å². The third-order valence-electron chi connectivity index (χ3n) is 6.28. The van der Waals surface area contributed by atoms with Gasteiger partial charge in [0.2, 0.25) is 5.91 Å². The summed E-state index contributed by atoms with van der Waals surface area (Å²) in [7, 11) is 1.31. The number of nitrogens with one attached hydrogen (secondary N) is 2. The van der Waals surface area contributed by atoms with E-state index in [4.69, 9.17) is 16.3 Å². The molecule has 7 heteroatoms. The number of anilines is 1. The Morgan fingerprint density at radius 2 is 1.69 bits per heavy atom. The number of aromatic nitrogens is 1. The zero-order valence-corrected chi connectivity index (χ0v) is 20.7. The van der Waals surface area contributed by atoms with Crippen molar-refractivity contribution in [3.05, 3.63) is 101 Å². The fraction of sp³-hybridized carbons (Fsp3) is 0.214. The first-order valence-corrected chi connectivity index (χ1v) is 11.8. The number of carbonyl (C=O) groups excluding carboxylic acids is 2. The monoisotopic (exact) mass is 489 g/mol. The molecule has 4 rings (SSSR count). The molecule has 0 saturated carbocycles. The minimum atomic E-state index is -1.32. The predicted octanol–water partition coefficient (Wildman–Crippen LogP) is 6.27. The van der Waals surface area contributed by atoms with Gasteiger partial charge in [-0.15, -0.1) is 0 Å². The van der Waals surface area contributed by atoms with Crippen LogP contribution in [0.15, 0.2) is 85.1 Å². The average molecular weight is 490 g/mol. The first-order chi connectivity index (χ1) is 16.8. The van der Waals surface area contributed by atoms with E-state index in [9.17, 15) is 9.59 Å². The number of hydrogen-bond donors (Lipinski definition) is 2. The third kappa shape index (κ3) is 5.03. The van der Waals surface area contributed by atoms with Crippen molar-refractivity contribution in [2.45, 2.75) is 31.8 Å². The van der Waals surface area contributed by atoms with Crippen LogP contribution in [0.1, 0.15) is 31.0 Å². The van der Waals surface area contributed by atoms with Gasteiger partial charge in [0.05, 0.1) is 13.2 Å². The first kappa shape index (κ1) is 24.4. The van der Waals surface area contributed by atoms with Crippen LogP contribution in [0.2, 0.25) is 5.02 Å². The Bertz CT molecular complexity index is 1320. The van der Waals surface area contributed by atoms with Gasteiger partial charge in [-0.1, -0.05) is 60.1 Å². The molecule has 2 atom stereocenters. The highest BCUT2D eigenvalue weighted by atomic mass is 35.5. The number of nitrogens with zero attached hydrogens (tertiary/aromatic N) is 1. The van der Waals surface area contributed by atoms with E-state index in [0.717, 1.165) is 22.0 Å². The fourth-order valence-corrected chi connectivity index (χ4v) is 4.49. The molecule has 3 aromatic carbocycles. The molecule has 0 saturated heterocycles. The Hall–Kier alpha value is -3.77. The summed E-state index contributed by atoms with van der Waals surface area (Å²) in [5.41, 5.74) is 2.01. The summed E-state index contributed by atoms with van der Waals surface area (Å²) in [6.07, 6.45) is 1.49. The van der Waals surface area contributed by atoms with Gasteiger partial charge >= 0.3 is 6.09 Å². The van der Waals surface area contributed by atoms with E-state index in [1.807, 2.05) is 67.7 Å². The molecule has 0 aliphatic heterocycles. The van der Waals surface area contributed by atoms with Crippen molar-refractivity contribution in [3.8, 4) is 0 Å². The van der Waals surface area contributed by atoms with E-state index in [1.165, 1.54) is 12.0 Å². The van der Waals surface area contributed by atoms with E-state index >= 15 is 0 Å². The molecule has 6 nitrogen and oxygen atoms in total. The number of rotatable bonds is 7. The summed E-state index contributed by atoms with van der Waals surface area (Å²) in [6, 6.07) is 24.1. The second-order valence-electron chi connectivity index (χ2n) is 8.70. The van der Waals surface area contributed by atoms with Gasteiger partial charge in [0.1, 0.15) is 5.54 Å². The lowest BCUT2D eigenvalue weighted by atomic mass is 9.88. The molecule has 0 bridgehead atoms. The van der Waals surface area contributed by atoms with Gasteiger partial charge in [-0.25, -0.2) is 4.79 Å². The maximum Gasteiger partial charge on any atom is 0.414 e. The van der Waals surface area contributed by atoms with Crippen LogP contribution in [0.4, 0.5) is 10.5 Å². The van der Waals surface area contributed by atoms with Crippen molar-refractivity contribution in [2.75, 3.05) is 12.0 Å². The zero-order chi connectivity index (χ0) is 25.0. The lowest BCUT2D eigenvalue weighted by molar-refractivity contribution is -0.126. The number of carbonyl (C=O) groups is 2. The molecule has 1 heterocycles. The minimum absolute atomic E-state index is 0.252. The second kappa shape index (κ2) is 10.2. The van der Waals surface area contributed by atoms with Crippen molar-refractivity contribution in [1.29, 1.82) is 0 Å². The normalized spacial score (nSPS) is 13.6. The van der Waals surface area contributed by atoms with Crippen LogP contribution < -0.4 is 10.2 Å². The Kier molecular flexibility index (Phi) is 7.12. The summed E-state index contributed by atoms with van der Waals surface area (Å²) >= 11 is 6.11. The molecule has 0 unspecified atom stereocenters. The van der Waals surface area contributed by atoms with Crippen molar-refractivity contribution in [2.24, 2.45) is 0 Å². The van der Waals surface area contributed by atoms with Crippen molar-refractivity contribution in [1.82, 2.24) is 10.3 Å². The van der Waals surface area contributed by atoms with Crippen LogP contribution in [-0.2, 0) is 16.0 Å². The summed E-state index contributed by atoms with van der Waals surface area (Å²) in [5.74, 6) is -0.306. The highest BCUT2D eigenvalue weighted by molar-refractivity contribution is 6.30. The number of methoxy groups -OCH3 is 1. The van der Waals surface area contributed by atoms with Gasteiger partial charge in [-0.3, -0.25) is 9.69 Å². The minimum Gasteiger partial charge on any atom is -0.452 e. The average Bonchev–Trinajstić information content (AvgIpc) is 3.28. The number of benzene rings is 3. The molecule has 0 aliphatic rings. The number of fused-ring (bicyclic) bond motifs is 1. The molecular weight excluding hydrogens is 462 g/mol. The number of para-hydroxylation sites is 1. The molecule has 0 fully saturated rings. The van der Waals surface area contributed by atoms with Crippen LogP contribution in [0.5, 0.6) is 0 Å². The van der Waals surface area contributed by atoms with Gasteiger partial charge in [-0.2, -0.15) is 0 Å². The van der Waals surface area contributed by atoms with Gasteiger partial charge < -0.3 is 15.0 Å². The lowest BCUT2D eigenvalue weighted by Gasteiger charge is -2.39. The molecular formula is C28H28ClN3O3. The van der Waals surface area contributed by atoms with Crippen LogP contribution in [-0.4, -0.2) is 29.6 Å². The molecule has 2 amide bonds. The Morgan fingerprint density at radius 1 is 1.03 bits per heavy atom. The van der Waals surface area contributed by atoms with Gasteiger partial charge in [0.15, 0.2) is 0 Å². The van der Waals surface area contributed by atoms with Crippen LogP contribution in [0.3, 0.4) is 0 Å². The quantitative estimate of drug-likeness (QED) is 0.321.